The fourth-order valence-corrected chi connectivity index (χ4v) is 2.93. The van der Waals surface area contributed by atoms with Crippen LogP contribution in [0, 0.1) is 17.7 Å². The zero-order valence-electron chi connectivity index (χ0n) is 9.71. The lowest BCUT2D eigenvalue weighted by Crippen LogP contribution is -2.39. The Morgan fingerprint density at radius 2 is 1.88 bits per heavy atom. The van der Waals surface area contributed by atoms with Gasteiger partial charge in [0.05, 0.1) is 5.69 Å². The largest absolute Gasteiger partial charge is 0.369 e. The number of benzene rings is 1. The predicted octanol–water partition coefficient (Wildman–Crippen LogP) is 4.07. The van der Waals surface area contributed by atoms with Gasteiger partial charge in [0.1, 0.15) is 5.82 Å². The quantitative estimate of drug-likeness (QED) is 0.752. The Hall–Kier alpha value is -0.570. The molecule has 2 unspecified atom stereocenters. The third kappa shape index (κ3) is 2.57. The van der Waals surface area contributed by atoms with Crippen molar-refractivity contribution in [3.8, 4) is 0 Å². The molecule has 0 aliphatic carbocycles. The molecule has 0 aromatic heterocycles. The summed E-state index contributed by atoms with van der Waals surface area (Å²) in [6.45, 7) is 6.39. The van der Waals surface area contributed by atoms with Gasteiger partial charge in [-0.25, -0.2) is 4.39 Å². The predicted molar refractivity (Wildman–Crippen MR) is 69.3 cm³/mol. The van der Waals surface area contributed by atoms with E-state index in [0.29, 0.717) is 11.8 Å². The van der Waals surface area contributed by atoms with Gasteiger partial charge in [-0.1, -0.05) is 29.8 Å². The van der Waals surface area contributed by atoms with Crippen molar-refractivity contribution in [2.75, 3.05) is 18.0 Å². The minimum absolute atomic E-state index is 0.129. The zero-order valence-corrected chi connectivity index (χ0v) is 11.3. The van der Waals surface area contributed by atoms with Gasteiger partial charge in [-0.15, -0.1) is 0 Å². The van der Waals surface area contributed by atoms with Crippen molar-refractivity contribution in [3.05, 3.63) is 28.5 Å². The molecule has 1 aliphatic heterocycles. The minimum Gasteiger partial charge on any atom is -0.369 e. The van der Waals surface area contributed by atoms with Gasteiger partial charge in [0, 0.05) is 17.6 Å². The molecule has 3 heteroatoms. The molecular formula is C13H17BrFN. The second-order valence-electron chi connectivity index (χ2n) is 4.95. The van der Waals surface area contributed by atoms with E-state index in [-0.39, 0.29) is 5.82 Å². The number of halogens is 2. The molecule has 1 saturated heterocycles. The highest BCUT2D eigenvalue weighted by Gasteiger charge is 2.23. The maximum absolute atomic E-state index is 13.8. The minimum atomic E-state index is -0.129. The average Bonchev–Trinajstić information content (AvgIpc) is 2.15. The molecule has 1 heterocycles. The fraction of sp³-hybridized carbons (Fsp3) is 0.538. The average molecular weight is 286 g/mol. The van der Waals surface area contributed by atoms with Crippen molar-refractivity contribution in [3.63, 3.8) is 0 Å². The summed E-state index contributed by atoms with van der Waals surface area (Å²) >= 11 is 3.29. The van der Waals surface area contributed by atoms with Crippen LogP contribution in [0.1, 0.15) is 20.3 Å². The topological polar surface area (TPSA) is 3.24 Å². The van der Waals surface area contributed by atoms with E-state index in [9.17, 15) is 4.39 Å². The van der Waals surface area contributed by atoms with Gasteiger partial charge in [-0.05, 0) is 36.5 Å². The van der Waals surface area contributed by atoms with Gasteiger partial charge in [0.2, 0.25) is 0 Å². The van der Waals surface area contributed by atoms with Crippen LogP contribution in [0.15, 0.2) is 22.7 Å². The standard InChI is InChI=1S/C13H17BrFN/c1-9-5-10(2)8-16(7-9)13-4-3-11(14)6-12(13)15/h3-4,6,9-10H,5,7-8H2,1-2H3. The van der Waals surface area contributed by atoms with Crippen LogP contribution in [0.2, 0.25) is 0 Å². The molecule has 1 nitrogen and oxygen atoms in total. The molecule has 2 rings (SSSR count). The third-order valence-corrected chi connectivity index (χ3v) is 3.61. The van der Waals surface area contributed by atoms with Crippen LogP contribution >= 0.6 is 15.9 Å². The molecule has 1 aromatic carbocycles. The van der Waals surface area contributed by atoms with Crippen LogP contribution in [0.3, 0.4) is 0 Å². The molecule has 88 valence electrons. The summed E-state index contributed by atoms with van der Waals surface area (Å²) in [7, 11) is 0. The summed E-state index contributed by atoms with van der Waals surface area (Å²) in [5, 5.41) is 0. The number of piperidine rings is 1. The Morgan fingerprint density at radius 1 is 1.25 bits per heavy atom. The zero-order chi connectivity index (χ0) is 11.7. The summed E-state index contributed by atoms with van der Waals surface area (Å²) in [4.78, 5) is 2.17. The van der Waals surface area contributed by atoms with Crippen molar-refractivity contribution in [1.82, 2.24) is 0 Å². The lowest BCUT2D eigenvalue weighted by atomic mass is 9.91. The van der Waals surface area contributed by atoms with Gasteiger partial charge in [-0.3, -0.25) is 0 Å². The first-order valence-electron chi connectivity index (χ1n) is 5.76. The molecule has 0 radical (unpaired) electrons. The highest BCUT2D eigenvalue weighted by atomic mass is 79.9. The van der Waals surface area contributed by atoms with E-state index in [2.05, 4.69) is 34.7 Å². The maximum Gasteiger partial charge on any atom is 0.147 e. The summed E-state index contributed by atoms with van der Waals surface area (Å²) in [6.07, 6.45) is 1.24. The molecule has 0 spiro atoms. The van der Waals surface area contributed by atoms with Crippen LogP contribution < -0.4 is 4.90 Å². The number of nitrogens with zero attached hydrogens (tertiary/aromatic N) is 1. The van der Waals surface area contributed by atoms with Crippen molar-refractivity contribution in [1.29, 1.82) is 0 Å². The number of hydrogen-bond acceptors (Lipinski definition) is 1. The molecule has 1 aromatic rings. The monoisotopic (exact) mass is 285 g/mol. The van der Waals surface area contributed by atoms with Crippen LogP contribution in [-0.4, -0.2) is 13.1 Å². The molecule has 1 fully saturated rings. The van der Waals surface area contributed by atoms with Crippen molar-refractivity contribution < 1.29 is 4.39 Å². The summed E-state index contributed by atoms with van der Waals surface area (Å²) < 4.78 is 14.6. The van der Waals surface area contributed by atoms with E-state index in [1.54, 1.807) is 6.07 Å². The van der Waals surface area contributed by atoms with Gasteiger partial charge in [0.15, 0.2) is 0 Å². The number of hydrogen-bond donors (Lipinski definition) is 0. The number of rotatable bonds is 1. The first-order chi connectivity index (χ1) is 7.56. The fourth-order valence-electron chi connectivity index (χ4n) is 2.60. The Kier molecular flexibility index (Phi) is 3.53. The van der Waals surface area contributed by atoms with Crippen LogP contribution in [-0.2, 0) is 0 Å². The Morgan fingerprint density at radius 3 is 2.44 bits per heavy atom. The third-order valence-electron chi connectivity index (χ3n) is 3.12. The van der Waals surface area contributed by atoms with Crippen LogP contribution in [0.5, 0.6) is 0 Å². The molecule has 0 saturated carbocycles. The van der Waals surface area contributed by atoms with Crippen LogP contribution in [0.4, 0.5) is 10.1 Å². The first-order valence-corrected chi connectivity index (χ1v) is 6.55. The SMILES string of the molecule is CC1CC(C)CN(c2ccc(Br)cc2F)C1. The molecular weight excluding hydrogens is 269 g/mol. The molecule has 0 N–H and O–H groups in total. The summed E-state index contributed by atoms with van der Waals surface area (Å²) in [6, 6.07) is 5.31. The van der Waals surface area contributed by atoms with Crippen molar-refractivity contribution in [2.24, 2.45) is 11.8 Å². The lowest BCUT2D eigenvalue weighted by Gasteiger charge is -2.36. The van der Waals surface area contributed by atoms with Gasteiger partial charge in [0.25, 0.3) is 0 Å². The Balaban J connectivity index is 2.23. The van der Waals surface area contributed by atoms with Gasteiger partial charge >= 0.3 is 0 Å². The maximum atomic E-state index is 13.8. The van der Waals surface area contributed by atoms with E-state index >= 15 is 0 Å². The van der Waals surface area contributed by atoms with E-state index in [0.717, 1.165) is 23.2 Å². The second kappa shape index (κ2) is 4.74. The Labute approximate surface area is 105 Å². The normalized spacial score (nSPS) is 25.9. The van der Waals surface area contributed by atoms with E-state index in [1.165, 1.54) is 6.42 Å². The highest BCUT2D eigenvalue weighted by molar-refractivity contribution is 9.10. The molecule has 16 heavy (non-hydrogen) atoms. The van der Waals surface area contributed by atoms with E-state index in [4.69, 9.17) is 0 Å². The second-order valence-corrected chi connectivity index (χ2v) is 5.86. The van der Waals surface area contributed by atoms with Gasteiger partial charge in [-0.2, -0.15) is 0 Å². The van der Waals surface area contributed by atoms with Crippen molar-refractivity contribution in [2.45, 2.75) is 20.3 Å². The summed E-state index contributed by atoms with van der Waals surface area (Å²) in [5.41, 5.74) is 0.738. The first kappa shape index (κ1) is 11.9. The molecule has 1 aliphatic rings. The smallest absolute Gasteiger partial charge is 0.147 e. The van der Waals surface area contributed by atoms with E-state index < -0.39 is 0 Å². The van der Waals surface area contributed by atoms with Gasteiger partial charge < -0.3 is 4.90 Å². The highest BCUT2D eigenvalue weighted by Crippen LogP contribution is 2.29. The lowest BCUT2D eigenvalue weighted by molar-refractivity contribution is 0.354. The molecule has 2 atom stereocenters. The molecule has 0 amide bonds. The van der Waals surface area contributed by atoms with E-state index in [1.807, 2.05) is 12.1 Å². The number of anilines is 1. The Bertz CT molecular complexity index is 370. The van der Waals surface area contributed by atoms with Crippen LogP contribution in [0.25, 0.3) is 0 Å². The summed E-state index contributed by atoms with van der Waals surface area (Å²) in [5.74, 6) is 1.16. The van der Waals surface area contributed by atoms with Crippen molar-refractivity contribution >= 4 is 21.6 Å². The molecule has 0 bridgehead atoms.